The zero-order valence-electron chi connectivity index (χ0n) is 19.4. The van der Waals surface area contributed by atoms with Gasteiger partial charge >= 0.3 is 0 Å². The van der Waals surface area contributed by atoms with Gasteiger partial charge in [0, 0.05) is 11.4 Å². The molecule has 0 heterocycles. The second kappa shape index (κ2) is 11.6. The van der Waals surface area contributed by atoms with E-state index in [-0.39, 0.29) is 33.9 Å². The fourth-order valence-corrected chi connectivity index (χ4v) is 3.91. The van der Waals surface area contributed by atoms with Gasteiger partial charge in [-0.1, -0.05) is 59.1 Å². The first kappa shape index (κ1) is 25.8. The number of nitrogens with one attached hydrogen (secondary N) is 2. The van der Waals surface area contributed by atoms with Crippen molar-refractivity contribution in [1.29, 1.82) is 5.26 Å². The van der Waals surface area contributed by atoms with Crippen LogP contribution in [0, 0.1) is 32.1 Å². The molecule has 6 nitrogen and oxygen atoms in total. The van der Waals surface area contributed by atoms with Crippen LogP contribution in [0.25, 0.3) is 6.08 Å². The predicted octanol–water partition coefficient (Wildman–Crippen LogP) is 6.48. The summed E-state index contributed by atoms with van der Waals surface area (Å²) in [7, 11) is 0. The summed E-state index contributed by atoms with van der Waals surface area (Å²) in [6.45, 7) is 5.41. The first-order chi connectivity index (χ1) is 16.7. The van der Waals surface area contributed by atoms with Crippen LogP contribution in [0.1, 0.15) is 22.3 Å². The van der Waals surface area contributed by atoms with E-state index in [1.165, 1.54) is 18.2 Å². The molecule has 0 bridgehead atoms. The van der Waals surface area contributed by atoms with Gasteiger partial charge in [-0.2, -0.15) is 5.26 Å². The third-order valence-electron chi connectivity index (χ3n) is 5.09. The Labute approximate surface area is 214 Å². The van der Waals surface area contributed by atoms with E-state index in [4.69, 9.17) is 27.9 Å². The molecule has 0 aliphatic rings. The first-order valence-electron chi connectivity index (χ1n) is 10.7. The molecule has 0 unspecified atom stereocenters. The van der Waals surface area contributed by atoms with Crippen LogP contribution in [0.3, 0.4) is 0 Å². The van der Waals surface area contributed by atoms with Gasteiger partial charge in [0.2, 0.25) is 0 Å². The second-order valence-corrected chi connectivity index (χ2v) is 8.72. The van der Waals surface area contributed by atoms with E-state index in [1.54, 1.807) is 12.1 Å². The van der Waals surface area contributed by atoms with Crippen molar-refractivity contribution in [3.63, 3.8) is 0 Å². The predicted molar refractivity (Wildman–Crippen MR) is 140 cm³/mol. The smallest absolute Gasteiger partial charge is 0.266 e. The summed E-state index contributed by atoms with van der Waals surface area (Å²) in [5.74, 6) is -0.797. The lowest BCUT2D eigenvalue weighted by Gasteiger charge is -2.12. The summed E-state index contributed by atoms with van der Waals surface area (Å²) in [5, 5.41) is 15.3. The van der Waals surface area contributed by atoms with Gasteiger partial charge in [0.15, 0.2) is 12.4 Å². The number of rotatable bonds is 7. The summed E-state index contributed by atoms with van der Waals surface area (Å²) in [5.41, 5.74) is 4.48. The van der Waals surface area contributed by atoms with Crippen molar-refractivity contribution in [3.8, 4) is 11.8 Å². The number of nitrogens with zero attached hydrogens (tertiary/aromatic N) is 1. The van der Waals surface area contributed by atoms with E-state index in [9.17, 15) is 14.9 Å². The second-order valence-electron chi connectivity index (χ2n) is 7.91. The minimum Gasteiger partial charge on any atom is -0.481 e. The molecule has 3 aromatic rings. The third kappa shape index (κ3) is 6.86. The number of hydrogen-bond acceptors (Lipinski definition) is 4. The van der Waals surface area contributed by atoms with Gasteiger partial charge in [0.1, 0.15) is 11.6 Å². The van der Waals surface area contributed by atoms with Crippen molar-refractivity contribution < 1.29 is 14.3 Å². The maximum Gasteiger partial charge on any atom is 0.266 e. The molecule has 0 aliphatic carbocycles. The van der Waals surface area contributed by atoms with Gasteiger partial charge in [-0.25, -0.2) is 0 Å². The molecule has 2 amide bonds. The Morgan fingerprint density at radius 3 is 2.23 bits per heavy atom. The number of benzene rings is 3. The van der Waals surface area contributed by atoms with Crippen LogP contribution in [0.4, 0.5) is 11.4 Å². The van der Waals surface area contributed by atoms with Crippen molar-refractivity contribution in [2.24, 2.45) is 0 Å². The molecule has 0 fully saturated rings. The van der Waals surface area contributed by atoms with Crippen molar-refractivity contribution in [1.82, 2.24) is 0 Å². The fraction of sp³-hybridized carbons (Fsp3) is 0.148. The summed E-state index contributed by atoms with van der Waals surface area (Å²) >= 11 is 12.6. The van der Waals surface area contributed by atoms with Crippen LogP contribution in [-0.2, 0) is 9.59 Å². The molecule has 35 heavy (non-hydrogen) atoms. The Morgan fingerprint density at radius 2 is 1.60 bits per heavy atom. The van der Waals surface area contributed by atoms with Gasteiger partial charge < -0.3 is 15.4 Å². The van der Waals surface area contributed by atoms with Crippen LogP contribution in [-0.4, -0.2) is 18.4 Å². The van der Waals surface area contributed by atoms with Crippen molar-refractivity contribution in [2.45, 2.75) is 20.8 Å². The summed E-state index contributed by atoms with van der Waals surface area (Å²) in [6.07, 6.45) is 1.38. The number of carbonyl (C=O) groups is 2. The molecule has 0 saturated carbocycles. The molecule has 8 heteroatoms. The number of hydrogen-bond donors (Lipinski definition) is 2. The molecule has 0 atom stereocenters. The molecule has 0 spiro atoms. The van der Waals surface area contributed by atoms with Crippen LogP contribution >= 0.6 is 23.2 Å². The molecule has 0 aromatic heterocycles. The highest BCUT2D eigenvalue weighted by atomic mass is 35.5. The topological polar surface area (TPSA) is 91.2 Å². The summed E-state index contributed by atoms with van der Waals surface area (Å²) in [4.78, 5) is 24.9. The number of ether oxygens (including phenoxy) is 1. The van der Waals surface area contributed by atoms with Gasteiger partial charge in [-0.3, -0.25) is 9.59 Å². The van der Waals surface area contributed by atoms with Gasteiger partial charge in [0.25, 0.3) is 11.8 Å². The largest absolute Gasteiger partial charge is 0.481 e. The van der Waals surface area contributed by atoms with Crippen LogP contribution in [0.15, 0.2) is 60.2 Å². The monoisotopic (exact) mass is 507 g/mol. The minimum atomic E-state index is -0.556. The molecule has 3 rings (SSSR count). The third-order valence-corrected chi connectivity index (χ3v) is 5.66. The van der Waals surface area contributed by atoms with E-state index in [1.807, 2.05) is 57.2 Å². The Kier molecular flexibility index (Phi) is 8.53. The van der Waals surface area contributed by atoms with Crippen LogP contribution < -0.4 is 15.4 Å². The Bertz CT molecular complexity index is 1340. The normalized spacial score (nSPS) is 10.9. The average Bonchev–Trinajstić information content (AvgIpc) is 2.80. The number of aryl methyl sites for hydroxylation is 3. The highest BCUT2D eigenvalue weighted by molar-refractivity contribution is 6.37. The molecule has 0 aliphatic heterocycles. The Balaban J connectivity index is 1.71. The SMILES string of the molecule is Cc1ccc(NC(=O)/C(C#N)=C/c2cc(Cl)c(OCC(=O)Nc3ccccc3C)c(Cl)c2)c(C)c1. The van der Waals surface area contributed by atoms with E-state index >= 15 is 0 Å². The molecule has 3 aromatic carbocycles. The number of halogens is 2. The van der Waals surface area contributed by atoms with Crippen molar-refractivity contribution in [2.75, 3.05) is 17.2 Å². The number of carbonyl (C=O) groups excluding carboxylic acids is 2. The van der Waals surface area contributed by atoms with E-state index < -0.39 is 5.91 Å². The van der Waals surface area contributed by atoms with Gasteiger partial charge in [-0.15, -0.1) is 0 Å². The maximum atomic E-state index is 12.6. The standard InChI is InChI=1S/C27H23Cl2N3O3/c1-16-8-9-24(18(3)10-16)32-27(34)20(14-30)11-19-12-21(28)26(22(29)13-19)35-15-25(33)31-23-7-5-4-6-17(23)2/h4-13H,15H2,1-3H3,(H,31,33)(H,32,34)/b20-11+. The maximum absolute atomic E-state index is 12.6. The molecular formula is C27H23Cl2N3O3. The zero-order chi connectivity index (χ0) is 25.5. The zero-order valence-corrected chi connectivity index (χ0v) is 20.9. The van der Waals surface area contributed by atoms with Crippen LogP contribution in [0.5, 0.6) is 5.75 Å². The number of anilines is 2. The fourth-order valence-electron chi connectivity index (χ4n) is 3.30. The summed E-state index contributed by atoms with van der Waals surface area (Å²) in [6, 6.07) is 17.9. The Morgan fingerprint density at radius 1 is 0.943 bits per heavy atom. The minimum absolute atomic E-state index is 0.122. The molecule has 178 valence electrons. The van der Waals surface area contributed by atoms with Gasteiger partial charge in [0.05, 0.1) is 10.0 Å². The molecule has 2 N–H and O–H groups in total. The van der Waals surface area contributed by atoms with Crippen molar-refractivity contribution >= 4 is 52.5 Å². The van der Waals surface area contributed by atoms with E-state index in [0.29, 0.717) is 16.9 Å². The summed E-state index contributed by atoms with van der Waals surface area (Å²) < 4.78 is 5.54. The van der Waals surface area contributed by atoms with Crippen molar-refractivity contribution in [3.05, 3.63) is 92.5 Å². The quantitative estimate of drug-likeness (QED) is 0.282. The number of nitriles is 1. The molecular weight excluding hydrogens is 485 g/mol. The number of amides is 2. The molecule has 0 saturated heterocycles. The average molecular weight is 508 g/mol. The lowest BCUT2D eigenvalue weighted by atomic mass is 10.1. The van der Waals surface area contributed by atoms with Crippen LogP contribution in [0.2, 0.25) is 10.0 Å². The highest BCUT2D eigenvalue weighted by Gasteiger charge is 2.15. The Hall–Kier alpha value is -3.79. The lowest BCUT2D eigenvalue weighted by Crippen LogP contribution is -2.20. The lowest BCUT2D eigenvalue weighted by molar-refractivity contribution is -0.118. The molecule has 0 radical (unpaired) electrons. The first-order valence-corrected chi connectivity index (χ1v) is 11.4. The highest BCUT2D eigenvalue weighted by Crippen LogP contribution is 2.35. The van der Waals surface area contributed by atoms with Gasteiger partial charge in [-0.05, 0) is 67.8 Å². The van der Waals surface area contributed by atoms with E-state index in [0.717, 1.165) is 16.7 Å². The number of para-hydroxylation sites is 1. The van der Waals surface area contributed by atoms with E-state index in [2.05, 4.69) is 10.6 Å².